The van der Waals surface area contributed by atoms with Gasteiger partial charge in [0.1, 0.15) is 12.4 Å². The van der Waals surface area contributed by atoms with Crippen molar-refractivity contribution in [3.63, 3.8) is 0 Å². The van der Waals surface area contributed by atoms with Gasteiger partial charge in [0.05, 0.1) is 6.54 Å². The molecule has 0 fully saturated rings. The topological polar surface area (TPSA) is 21.3 Å². The van der Waals surface area contributed by atoms with Crippen LogP contribution >= 0.6 is 12.4 Å². The third kappa shape index (κ3) is 5.51. The first-order valence-electron chi connectivity index (χ1n) is 6.70. The summed E-state index contributed by atoms with van der Waals surface area (Å²) in [6.45, 7) is 3.94. The Kier molecular flexibility index (Phi) is 7.39. The SMILES string of the molecule is C#CCNCc1ccccc1OCc1cccc(C)c1.Cl. The van der Waals surface area contributed by atoms with Crippen LogP contribution < -0.4 is 10.1 Å². The van der Waals surface area contributed by atoms with Crippen molar-refractivity contribution in [3.8, 4) is 18.1 Å². The van der Waals surface area contributed by atoms with Gasteiger partial charge in [-0.3, -0.25) is 0 Å². The Hall–Kier alpha value is -1.95. The van der Waals surface area contributed by atoms with Crippen molar-refractivity contribution in [2.75, 3.05) is 6.54 Å². The predicted molar refractivity (Wildman–Crippen MR) is 89.7 cm³/mol. The molecule has 110 valence electrons. The number of hydrogen-bond acceptors (Lipinski definition) is 2. The first-order chi connectivity index (χ1) is 9.79. The number of terminal acetylenes is 1. The van der Waals surface area contributed by atoms with Gasteiger partial charge in [0, 0.05) is 12.1 Å². The zero-order chi connectivity index (χ0) is 14.2. The summed E-state index contributed by atoms with van der Waals surface area (Å²) >= 11 is 0. The Morgan fingerprint density at radius 2 is 1.95 bits per heavy atom. The molecule has 2 aromatic carbocycles. The molecule has 0 saturated heterocycles. The van der Waals surface area contributed by atoms with Crippen LogP contribution in [0.4, 0.5) is 0 Å². The number of hydrogen-bond donors (Lipinski definition) is 1. The Bertz CT molecular complexity index is 604. The minimum absolute atomic E-state index is 0. The highest BCUT2D eigenvalue weighted by atomic mass is 35.5. The van der Waals surface area contributed by atoms with E-state index in [-0.39, 0.29) is 12.4 Å². The highest BCUT2D eigenvalue weighted by Crippen LogP contribution is 2.19. The highest BCUT2D eigenvalue weighted by molar-refractivity contribution is 5.85. The van der Waals surface area contributed by atoms with E-state index in [1.165, 1.54) is 11.1 Å². The number of nitrogens with one attached hydrogen (secondary N) is 1. The van der Waals surface area contributed by atoms with Crippen LogP contribution in [0.2, 0.25) is 0 Å². The summed E-state index contributed by atoms with van der Waals surface area (Å²) < 4.78 is 5.92. The largest absolute Gasteiger partial charge is 0.489 e. The van der Waals surface area contributed by atoms with Crippen LogP contribution in [-0.4, -0.2) is 6.54 Å². The van der Waals surface area contributed by atoms with Crippen molar-refractivity contribution in [2.24, 2.45) is 0 Å². The third-order valence-electron chi connectivity index (χ3n) is 2.99. The van der Waals surface area contributed by atoms with Crippen molar-refractivity contribution in [2.45, 2.75) is 20.1 Å². The standard InChI is InChI=1S/C18H19NO.ClH/c1-3-11-19-13-17-9-4-5-10-18(17)20-14-16-8-6-7-15(2)12-16;/h1,4-10,12,19H,11,13-14H2,2H3;1H. The molecule has 2 nitrogen and oxygen atoms in total. The number of para-hydroxylation sites is 1. The lowest BCUT2D eigenvalue weighted by atomic mass is 10.1. The zero-order valence-electron chi connectivity index (χ0n) is 12.1. The maximum Gasteiger partial charge on any atom is 0.124 e. The van der Waals surface area contributed by atoms with Gasteiger partial charge in [0.15, 0.2) is 0 Å². The van der Waals surface area contributed by atoms with Crippen LogP contribution in [0.1, 0.15) is 16.7 Å². The normalized spacial score (nSPS) is 9.52. The summed E-state index contributed by atoms with van der Waals surface area (Å²) in [5.74, 6) is 3.47. The molecule has 2 aromatic rings. The van der Waals surface area contributed by atoms with Crippen LogP contribution in [0.3, 0.4) is 0 Å². The van der Waals surface area contributed by atoms with E-state index in [1.54, 1.807) is 0 Å². The van der Waals surface area contributed by atoms with E-state index in [2.05, 4.69) is 48.5 Å². The average molecular weight is 302 g/mol. The second-order valence-corrected chi connectivity index (χ2v) is 4.69. The van der Waals surface area contributed by atoms with Crippen LogP contribution in [0.15, 0.2) is 48.5 Å². The molecule has 0 bridgehead atoms. The molecule has 0 amide bonds. The molecule has 0 heterocycles. The van der Waals surface area contributed by atoms with Crippen molar-refractivity contribution in [1.29, 1.82) is 0 Å². The molecule has 1 N–H and O–H groups in total. The summed E-state index contributed by atoms with van der Waals surface area (Å²) in [6.07, 6.45) is 5.24. The lowest BCUT2D eigenvalue weighted by molar-refractivity contribution is 0.302. The molecule has 0 unspecified atom stereocenters. The molecular formula is C18H20ClNO. The number of halogens is 1. The van der Waals surface area contributed by atoms with Gasteiger partial charge in [0.25, 0.3) is 0 Å². The summed E-state index contributed by atoms with van der Waals surface area (Å²) in [6, 6.07) is 16.4. The zero-order valence-corrected chi connectivity index (χ0v) is 13.0. The molecule has 0 saturated carbocycles. The Labute approximate surface area is 132 Å². The lowest BCUT2D eigenvalue weighted by Crippen LogP contribution is -2.13. The van der Waals surface area contributed by atoms with E-state index in [9.17, 15) is 0 Å². The van der Waals surface area contributed by atoms with Crippen molar-refractivity contribution >= 4 is 12.4 Å². The molecule has 0 aromatic heterocycles. The van der Waals surface area contributed by atoms with Gasteiger partial charge in [-0.1, -0.05) is 53.9 Å². The molecule has 2 rings (SSSR count). The van der Waals surface area contributed by atoms with E-state index >= 15 is 0 Å². The van der Waals surface area contributed by atoms with Gasteiger partial charge < -0.3 is 10.1 Å². The number of benzene rings is 2. The predicted octanol–water partition coefficient (Wildman–Crippen LogP) is 3.72. The first-order valence-corrected chi connectivity index (χ1v) is 6.70. The molecule has 21 heavy (non-hydrogen) atoms. The van der Waals surface area contributed by atoms with Crippen LogP contribution in [-0.2, 0) is 13.2 Å². The van der Waals surface area contributed by atoms with Gasteiger partial charge in [0.2, 0.25) is 0 Å². The number of aryl methyl sites for hydroxylation is 1. The molecule has 3 heteroatoms. The Morgan fingerprint density at radius 1 is 1.14 bits per heavy atom. The van der Waals surface area contributed by atoms with E-state index in [0.29, 0.717) is 19.7 Å². The molecule has 0 aliphatic carbocycles. The van der Waals surface area contributed by atoms with Crippen molar-refractivity contribution in [3.05, 3.63) is 65.2 Å². The minimum Gasteiger partial charge on any atom is -0.489 e. The van der Waals surface area contributed by atoms with E-state index in [4.69, 9.17) is 11.2 Å². The molecular weight excluding hydrogens is 282 g/mol. The minimum atomic E-state index is 0. The van der Waals surface area contributed by atoms with Gasteiger partial charge in [-0.25, -0.2) is 0 Å². The highest BCUT2D eigenvalue weighted by Gasteiger charge is 2.03. The van der Waals surface area contributed by atoms with Crippen molar-refractivity contribution < 1.29 is 4.74 Å². The van der Waals surface area contributed by atoms with Gasteiger partial charge in [-0.15, -0.1) is 18.8 Å². The summed E-state index contributed by atoms with van der Waals surface area (Å²) in [7, 11) is 0. The molecule has 0 spiro atoms. The van der Waals surface area contributed by atoms with Gasteiger partial charge in [-0.2, -0.15) is 0 Å². The molecule has 0 aliphatic rings. The number of ether oxygens (including phenoxy) is 1. The second-order valence-electron chi connectivity index (χ2n) is 4.69. The molecule has 0 atom stereocenters. The molecule has 0 radical (unpaired) electrons. The van der Waals surface area contributed by atoms with Crippen LogP contribution in [0.25, 0.3) is 0 Å². The summed E-state index contributed by atoms with van der Waals surface area (Å²) in [5.41, 5.74) is 3.54. The average Bonchev–Trinajstić information content (AvgIpc) is 2.47. The van der Waals surface area contributed by atoms with Gasteiger partial charge >= 0.3 is 0 Å². The lowest BCUT2D eigenvalue weighted by Gasteiger charge is -2.12. The monoisotopic (exact) mass is 301 g/mol. The maximum absolute atomic E-state index is 5.92. The maximum atomic E-state index is 5.92. The van der Waals surface area contributed by atoms with E-state index in [0.717, 1.165) is 11.3 Å². The van der Waals surface area contributed by atoms with Gasteiger partial charge in [-0.05, 0) is 18.6 Å². The third-order valence-corrected chi connectivity index (χ3v) is 2.99. The Balaban J connectivity index is 0.00000220. The fraction of sp³-hybridized carbons (Fsp3) is 0.222. The van der Waals surface area contributed by atoms with E-state index < -0.39 is 0 Å². The quantitative estimate of drug-likeness (QED) is 0.648. The second kappa shape index (κ2) is 9.07. The first kappa shape index (κ1) is 17.1. The smallest absolute Gasteiger partial charge is 0.124 e. The van der Waals surface area contributed by atoms with E-state index in [1.807, 2.05) is 18.2 Å². The Morgan fingerprint density at radius 3 is 2.71 bits per heavy atom. The summed E-state index contributed by atoms with van der Waals surface area (Å²) in [4.78, 5) is 0. The summed E-state index contributed by atoms with van der Waals surface area (Å²) in [5, 5.41) is 3.18. The fourth-order valence-corrected chi connectivity index (χ4v) is 2.02. The van der Waals surface area contributed by atoms with Crippen molar-refractivity contribution in [1.82, 2.24) is 5.32 Å². The fourth-order valence-electron chi connectivity index (χ4n) is 2.02. The van der Waals surface area contributed by atoms with Crippen LogP contribution in [0.5, 0.6) is 5.75 Å². The number of rotatable bonds is 6. The van der Waals surface area contributed by atoms with Crippen LogP contribution in [0, 0.1) is 19.3 Å². The molecule has 0 aliphatic heterocycles.